The van der Waals surface area contributed by atoms with Gasteiger partial charge in [0.1, 0.15) is 0 Å². The van der Waals surface area contributed by atoms with Crippen LogP contribution in [0.4, 0.5) is 5.69 Å². The van der Waals surface area contributed by atoms with Crippen molar-refractivity contribution in [3.05, 3.63) is 65.2 Å². The minimum atomic E-state index is -0.0856. The molecule has 0 atom stereocenters. The van der Waals surface area contributed by atoms with E-state index in [4.69, 9.17) is 11.0 Å². The topological polar surface area (TPSA) is 70.1 Å². The Labute approximate surface area is 124 Å². The highest BCUT2D eigenvalue weighted by molar-refractivity contribution is 5.95. The van der Waals surface area contributed by atoms with Crippen molar-refractivity contribution in [1.29, 1.82) is 5.26 Å². The molecule has 0 aliphatic rings. The molecule has 0 unspecified atom stereocenters. The number of anilines is 1. The van der Waals surface area contributed by atoms with Crippen LogP contribution in [0.5, 0.6) is 0 Å². The lowest BCUT2D eigenvalue weighted by molar-refractivity contribution is 0.0752. The zero-order valence-electron chi connectivity index (χ0n) is 11.9. The Morgan fingerprint density at radius 3 is 2.67 bits per heavy atom. The van der Waals surface area contributed by atoms with Gasteiger partial charge in [0, 0.05) is 24.3 Å². The van der Waals surface area contributed by atoms with Gasteiger partial charge < -0.3 is 10.6 Å². The molecule has 4 heteroatoms. The molecule has 0 radical (unpaired) electrons. The van der Waals surface area contributed by atoms with Gasteiger partial charge in [-0.15, -0.1) is 0 Å². The summed E-state index contributed by atoms with van der Waals surface area (Å²) in [5, 5.41) is 9.13. The molecule has 106 valence electrons. The fraction of sp³-hybridized carbons (Fsp3) is 0.176. The molecule has 0 spiro atoms. The smallest absolute Gasteiger partial charge is 0.254 e. The Hall–Kier alpha value is -2.80. The minimum absolute atomic E-state index is 0.0856. The van der Waals surface area contributed by atoms with Gasteiger partial charge in [-0.3, -0.25) is 4.79 Å². The van der Waals surface area contributed by atoms with Gasteiger partial charge in [-0.1, -0.05) is 24.3 Å². The van der Waals surface area contributed by atoms with Gasteiger partial charge in [0.15, 0.2) is 0 Å². The number of hydrogen-bond donors (Lipinski definition) is 1. The molecule has 0 saturated carbocycles. The van der Waals surface area contributed by atoms with Crippen LogP contribution >= 0.6 is 0 Å². The van der Waals surface area contributed by atoms with Gasteiger partial charge >= 0.3 is 0 Å². The van der Waals surface area contributed by atoms with Crippen molar-refractivity contribution < 1.29 is 4.79 Å². The maximum Gasteiger partial charge on any atom is 0.254 e. The van der Waals surface area contributed by atoms with Crippen LogP contribution in [0.2, 0.25) is 0 Å². The van der Waals surface area contributed by atoms with Crippen LogP contribution in [0, 0.1) is 11.3 Å². The molecule has 0 fully saturated rings. The highest BCUT2D eigenvalue weighted by Crippen LogP contribution is 2.15. The number of benzene rings is 2. The maximum atomic E-state index is 12.5. The first-order chi connectivity index (χ1) is 10.2. The van der Waals surface area contributed by atoms with Crippen LogP contribution in [-0.4, -0.2) is 17.4 Å². The molecule has 2 rings (SSSR count). The van der Waals surface area contributed by atoms with Gasteiger partial charge in [0.05, 0.1) is 11.6 Å². The number of carbonyl (C=O) groups is 1. The number of rotatable bonds is 4. The highest BCUT2D eigenvalue weighted by Gasteiger charge is 2.16. The summed E-state index contributed by atoms with van der Waals surface area (Å²) in [4.78, 5) is 14.2. The number of hydrogen-bond acceptors (Lipinski definition) is 3. The van der Waals surface area contributed by atoms with E-state index in [1.165, 1.54) is 0 Å². The predicted molar refractivity (Wildman–Crippen MR) is 82.4 cm³/mol. The summed E-state index contributed by atoms with van der Waals surface area (Å²) in [5.74, 6) is -0.0856. The average Bonchev–Trinajstić information content (AvgIpc) is 2.52. The van der Waals surface area contributed by atoms with Crippen LogP contribution in [0.3, 0.4) is 0 Å². The van der Waals surface area contributed by atoms with Crippen LogP contribution < -0.4 is 5.73 Å². The molecule has 2 aromatic carbocycles. The Morgan fingerprint density at radius 2 is 2.00 bits per heavy atom. The molecule has 4 nitrogen and oxygen atoms in total. The van der Waals surface area contributed by atoms with Gasteiger partial charge in [-0.25, -0.2) is 0 Å². The lowest BCUT2D eigenvalue weighted by Crippen LogP contribution is -2.30. The largest absolute Gasteiger partial charge is 0.399 e. The minimum Gasteiger partial charge on any atom is -0.399 e. The Balaban J connectivity index is 2.24. The van der Waals surface area contributed by atoms with Crippen molar-refractivity contribution in [1.82, 2.24) is 4.90 Å². The maximum absolute atomic E-state index is 12.5. The van der Waals surface area contributed by atoms with E-state index in [-0.39, 0.29) is 5.91 Å². The van der Waals surface area contributed by atoms with E-state index in [0.717, 1.165) is 5.56 Å². The van der Waals surface area contributed by atoms with Crippen molar-refractivity contribution in [2.24, 2.45) is 0 Å². The Morgan fingerprint density at radius 1 is 1.24 bits per heavy atom. The molecule has 0 aromatic heterocycles. The summed E-state index contributed by atoms with van der Waals surface area (Å²) >= 11 is 0. The van der Waals surface area contributed by atoms with E-state index in [9.17, 15) is 4.79 Å². The molecule has 21 heavy (non-hydrogen) atoms. The molecule has 0 aliphatic heterocycles. The quantitative estimate of drug-likeness (QED) is 0.875. The molecule has 0 heterocycles. The third kappa shape index (κ3) is 3.40. The standard InChI is InChI=1S/C17H17N3O/c1-2-20(12-15-7-4-3-6-14(15)11-18)17(21)13-8-5-9-16(19)10-13/h3-10H,2,12,19H2,1H3. The third-order valence-electron chi connectivity index (χ3n) is 3.30. The second kappa shape index (κ2) is 6.58. The molecule has 0 bridgehead atoms. The van der Waals surface area contributed by atoms with E-state index in [2.05, 4.69) is 6.07 Å². The molecule has 0 saturated heterocycles. The van der Waals surface area contributed by atoms with E-state index in [0.29, 0.717) is 29.9 Å². The van der Waals surface area contributed by atoms with Crippen LogP contribution in [0.25, 0.3) is 0 Å². The lowest BCUT2D eigenvalue weighted by Gasteiger charge is -2.21. The van der Waals surface area contributed by atoms with Gasteiger partial charge in [-0.2, -0.15) is 5.26 Å². The summed E-state index contributed by atoms with van der Waals surface area (Å²) in [6.45, 7) is 2.89. The van der Waals surface area contributed by atoms with E-state index in [1.54, 1.807) is 35.2 Å². The van der Waals surface area contributed by atoms with Crippen molar-refractivity contribution >= 4 is 11.6 Å². The molecule has 1 amide bonds. The first-order valence-electron chi connectivity index (χ1n) is 6.78. The molecular formula is C17H17N3O. The fourth-order valence-electron chi connectivity index (χ4n) is 2.15. The Kier molecular flexibility index (Phi) is 4.57. The summed E-state index contributed by atoms with van der Waals surface area (Å²) in [6.07, 6.45) is 0. The van der Waals surface area contributed by atoms with E-state index in [1.807, 2.05) is 25.1 Å². The number of amides is 1. The summed E-state index contributed by atoms with van der Waals surface area (Å²) in [6, 6.07) is 16.4. The molecular weight excluding hydrogens is 262 g/mol. The molecule has 2 aromatic rings. The summed E-state index contributed by atoms with van der Waals surface area (Å²) in [7, 11) is 0. The van der Waals surface area contributed by atoms with Crippen molar-refractivity contribution in [3.63, 3.8) is 0 Å². The van der Waals surface area contributed by atoms with Crippen molar-refractivity contribution in [2.75, 3.05) is 12.3 Å². The zero-order chi connectivity index (χ0) is 15.2. The second-order valence-electron chi connectivity index (χ2n) is 4.71. The summed E-state index contributed by atoms with van der Waals surface area (Å²) in [5.41, 5.74) is 8.29. The number of nitrogen functional groups attached to an aromatic ring is 1. The molecule has 2 N–H and O–H groups in total. The lowest BCUT2D eigenvalue weighted by atomic mass is 10.1. The van der Waals surface area contributed by atoms with Crippen LogP contribution in [-0.2, 0) is 6.54 Å². The predicted octanol–water partition coefficient (Wildman–Crippen LogP) is 2.80. The van der Waals surface area contributed by atoms with Crippen molar-refractivity contribution in [2.45, 2.75) is 13.5 Å². The summed E-state index contributed by atoms with van der Waals surface area (Å²) < 4.78 is 0. The normalized spacial score (nSPS) is 9.90. The van der Waals surface area contributed by atoms with Crippen molar-refractivity contribution in [3.8, 4) is 6.07 Å². The second-order valence-corrected chi connectivity index (χ2v) is 4.71. The Bertz CT molecular complexity index is 688. The average molecular weight is 279 g/mol. The number of nitrogens with zero attached hydrogens (tertiary/aromatic N) is 2. The molecule has 0 aliphatic carbocycles. The van der Waals surface area contributed by atoms with E-state index < -0.39 is 0 Å². The number of carbonyl (C=O) groups excluding carboxylic acids is 1. The first kappa shape index (κ1) is 14.6. The monoisotopic (exact) mass is 279 g/mol. The van der Waals surface area contributed by atoms with Gasteiger partial charge in [0.2, 0.25) is 0 Å². The first-order valence-corrected chi connectivity index (χ1v) is 6.78. The third-order valence-corrected chi connectivity index (χ3v) is 3.30. The SMILES string of the molecule is CCN(Cc1ccccc1C#N)C(=O)c1cccc(N)c1. The van der Waals surface area contributed by atoms with Gasteiger partial charge in [0.25, 0.3) is 5.91 Å². The van der Waals surface area contributed by atoms with Crippen LogP contribution in [0.15, 0.2) is 48.5 Å². The van der Waals surface area contributed by atoms with Gasteiger partial charge in [-0.05, 0) is 36.8 Å². The zero-order valence-corrected chi connectivity index (χ0v) is 11.9. The number of nitriles is 1. The van der Waals surface area contributed by atoms with E-state index >= 15 is 0 Å². The fourth-order valence-corrected chi connectivity index (χ4v) is 2.15. The highest BCUT2D eigenvalue weighted by atomic mass is 16.2. The van der Waals surface area contributed by atoms with Crippen LogP contribution in [0.1, 0.15) is 28.4 Å². The number of nitrogens with two attached hydrogens (primary N) is 1.